The van der Waals surface area contributed by atoms with Gasteiger partial charge in [0.25, 0.3) is 15.9 Å². The van der Waals surface area contributed by atoms with Crippen molar-refractivity contribution in [1.82, 2.24) is 4.90 Å². The third-order valence-electron chi connectivity index (χ3n) is 3.98. The van der Waals surface area contributed by atoms with Gasteiger partial charge < -0.3 is 9.64 Å². The average Bonchev–Trinajstić information content (AvgIpc) is 3.15. The van der Waals surface area contributed by atoms with Crippen LogP contribution in [0.2, 0.25) is 0 Å². The van der Waals surface area contributed by atoms with Crippen molar-refractivity contribution in [3.05, 3.63) is 54.6 Å². The van der Waals surface area contributed by atoms with E-state index in [0.717, 1.165) is 25.9 Å². The zero-order valence-electron chi connectivity index (χ0n) is 13.7. The molecule has 0 aliphatic carbocycles. The fraction of sp³-hybridized carbons (Fsp3) is 0.278. The molecular formula is C18H20N2O4S. The van der Waals surface area contributed by atoms with Crippen molar-refractivity contribution in [2.45, 2.75) is 17.7 Å². The Morgan fingerprint density at radius 2 is 1.64 bits per heavy atom. The summed E-state index contributed by atoms with van der Waals surface area (Å²) in [5.74, 6) is 0.422. The number of nitrogens with one attached hydrogen (secondary N) is 1. The van der Waals surface area contributed by atoms with Gasteiger partial charge in [0.05, 0.1) is 4.90 Å². The molecule has 1 saturated heterocycles. The molecule has 7 heteroatoms. The van der Waals surface area contributed by atoms with Crippen molar-refractivity contribution >= 4 is 21.6 Å². The van der Waals surface area contributed by atoms with Gasteiger partial charge in [0.15, 0.2) is 6.61 Å². The summed E-state index contributed by atoms with van der Waals surface area (Å²) in [7, 11) is -3.66. The first-order chi connectivity index (χ1) is 12.0. The Hall–Kier alpha value is -2.54. The highest BCUT2D eigenvalue weighted by atomic mass is 32.2. The predicted octanol–water partition coefficient (Wildman–Crippen LogP) is 2.49. The van der Waals surface area contributed by atoms with E-state index < -0.39 is 10.0 Å². The second-order valence-corrected chi connectivity index (χ2v) is 7.50. The number of carbonyl (C=O) groups is 1. The molecule has 1 aliphatic rings. The normalized spacial score (nSPS) is 14.3. The lowest BCUT2D eigenvalue weighted by Crippen LogP contribution is -2.32. The van der Waals surface area contributed by atoms with E-state index in [2.05, 4.69) is 4.72 Å². The summed E-state index contributed by atoms with van der Waals surface area (Å²) in [6, 6.07) is 14.7. The number of sulfonamides is 1. The molecule has 1 fully saturated rings. The van der Waals surface area contributed by atoms with Crippen molar-refractivity contribution in [1.29, 1.82) is 0 Å². The number of para-hydroxylation sites is 1. The highest BCUT2D eigenvalue weighted by Gasteiger charge is 2.18. The fourth-order valence-corrected chi connectivity index (χ4v) is 3.70. The van der Waals surface area contributed by atoms with Crippen molar-refractivity contribution in [2.75, 3.05) is 24.4 Å². The summed E-state index contributed by atoms with van der Waals surface area (Å²) in [4.78, 5) is 13.9. The molecule has 25 heavy (non-hydrogen) atoms. The van der Waals surface area contributed by atoms with Crippen LogP contribution in [0, 0.1) is 0 Å². The third kappa shape index (κ3) is 4.51. The minimum Gasteiger partial charge on any atom is -0.484 e. The summed E-state index contributed by atoms with van der Waals surface area (Å²) in [6.45, 7) is 1.53. The van der Waals surface area contributed by atoms with Crippen molar-refractivity contribution < 1.29 is 17.9 Å². The van der Waals surface area contributed by atoms with Crippen LogP contribution >= 0.6 is 0 Å². The molecule has 0 saturated carbocycles. The second kappa shape index (κ2) is 7.57. The molecule has 1 heterocycles. The number of likely N-dealkylation sites (tertiary alicyclic amines) is 1. The number of anilines is 1. The molecule has 1 aliphatic heterocycles. The highest BCUT2D eigenvalue weighted by molar-refractivity contribution is 7.92. The van der Waals surface area contributed by atoms with Crippen LogP contribution in [0.15, 0.2) is 59.5 Å². The molecule has 0 radical (unpaired) electrons. The maximum atomic E-state index is 12.3. The number of amides is 1. The molecule has 1 N–H and O–H groups in total. The first kappa shape index (κ1) is 17.3. The Morgan fingerprint density at radius 1 is 1.00 bits per heavy atom. The van der Waals surface area contributed by atoms with Gasteiger partial charge in [-0.3, -0.25) is 9.52 Å². The van der Waals surface area contributed by atoms with E-state index in [-0.39, 0.29) is 17.4 Å². The molecule has 3 rings (SSSR count). The van der Waals surface area contributed by atoms with Crippen LogP contribution in [0.4, 0.5) is 5.69 Å². The molecule has 132 valence electrons. The first-order valence-corrected chi connectivity index (χ1v) is 9.61. The van der Waals surface area contributed by atoms with Gasteiger partial charge in [0.1, 0.15) is 5.75 Å². The van der Waals surface area contributed by atoms with E-state index in [4.69, 9.17) is 4.74 Å². The second-order valence-electron chi connectivity index (χ2n) is 5.82. The molecular weight excluding hydrogens is 340 g/mol. The topological polar surface area (TPSA) is 75.7 Å². The maximum absolute atomic E-state index is 12.3. The molecule has 0 unspecified atom stereocenters. The van der Waals surface area contributed by atoms with Gasteiger partial charge in [-0.15, -0.1) is 0 Å². The van der Waals surface area contributed by atoms with Gasteiger partial charge in [-0.25, -0.2) is 8.42 Å². The SMILES string of the molecule is O=C(COc1ccc(S(=O)(=O)Nc2ccccc2)cc1)N1CCCC1. The van der Waals surface area contributed by atoms with Gasteiger partial charge in [0, 0.05) is 18.8 Å². The first-order valence-electron chi connectivity index (χ1n) is 8.13. The van der Waals surface area contributed by atoms with Gasteiger partial charge in [0.2, 0.25) is 0 Å². The lowest BCUT2D eigenvalue weighted by atomic mass is 10.3. The van der Waals surface area contributed by atoms with Crippen molar-refractivity contribution in [3.8, 4) is 5.75 Å². The standard InChI is InChI=1S/C18H20N2O4S/c21-18(20-12-4-5-13-20)14-24-16-8-10-17(11-9-16)25(22,23)19-15-6-2-1-3-7-15/h1-3,6-11,19H,4-5,12-14H2. The lowest BCUT2D eigenvalue weighted by molar-refractivity contribution is -0.132. The monoisotopic (exact) mass is 360 g/mol. The number of hydrogen-bond donors (Lipinski definition) is 1. The predicted molar refractivity (Wildman–Crippen MR) is 95.0 cm³/mol. The Kier molecular flexibility index (Phi) is 5.23. The molecule has 0 spiro atoms. The lowest BCUT2D eigenvalue weighted by Gasteiger charge is -2.15. The van der Waals surface area contributed by atoms with Crippen molar-refractivity contribution in [3.63, 3.8) is 0 Å². The maximum Gasteiger partial charge on any atom is 0.261 e. The molecule has 0 atom stereocenters. The van der Waals surface area contributed by atoms with Gasteiger partial charge in [-0.05, 0) is 49.2 Å². The van der Waals surface area contributed by atoms with E-state index >= 15 is 0 Å². The summed E-state index contributed by atoms with van der Waals surface area (Å²) in [5, 5.41) is 0. The van der Waals surface area contributed by atoms with Crippen LogP contribution in [-0.2, 0) is 14.8 Å². The minimum absolute atomic E-state index is 0.0334. The number of carbonyl (C=O) groups excluding carboxylic acids is 1. The van der Waals surface area contributed by atoms with E-state index in [1.54, 1.807) is 41.3 Å². The number of nitrogens with zero attached hydrogens (tertiary/aromatic N) is 1. The van der Waals surface area contributed by atoms with E-state index in [1.165, 1.54) is 12.1 Å². The Balaban J connectivity index is 1.60. The largest absolute Gasteiger partial charge is 0.484 e. The van der Waals surface area contributed by atoms with Gasteiger partial charge in [-0.2, -0.15) is 0 Å². The van der Waals surface area contributed by atoms with Crippen LogP contribution in [0.5, 0.6) is 5.75 Å². The highest BCUT2D eigenvalue weighted by Crippen LogP contribution is 2.19. The number of benzene rings is 2. The van der Waals surface area contributed by atoms with Crippen LogP contribution in [0.3, 0.4) is 0 Å². The van der Waals surface area contributed by atoms with Gasteiger partial charge >= 0.3 is 0 Å². The fourth-order valence-electron chi connectivity index (χ4n) is 2.64. The zero-order chi connectivity index (χ0) is 17.7. The van der Waals surface area contributed by atoms with Gasteiger partial charge in [-0.1, -0.05) is 18.2 Å². The Bertz CT molecular complexity index is 814. The Labute approximate surface area is 147 Å². The molecule has 1 amide bonds. The third-order valence-corrected chi connectivity index (χ3v) is 5.38. The molecule has 0 bridgehead atoms. The van der Waals surface area contributed by atoms with Crippen LogP contribution in [-0.4, -0.2) is 38.9 Å². The van der Waals surface area contributed by atoms with Crippen molar-refractivity contribution in [2.24, 2.45) is 0 Å². The quantitative estimate of drug-likeness (QED) is 0.859. The summed E-state index contributed by atoms with van der Waals surface area (Å²) in [6.07, 6.45) is 2.07. The van der Waals surface area contributed by atoms with Crippen LogP contribution in [0.1, 0.15) is 12.8 Å². The van der Waals surface area contributed by atoms with Crippen LogP contribution < -0.4 is 9.46 Å². The van der Waals surface area contributed by atoms with E-state index in [0.29, 0.717) is 11.4 Å². The zero-order valence-corrected chi connectivity index (χ0v) is 14.5. The number of rotatable bonds is 6. The summed E-state index contributed by atoms with van der Waals surface area (Å²) in [5.41, 5.74) is 0.499. The Morgan fingerprint density at radius 3 is 2.28 bits per heavy atom. The van der Waals surface area contributed by atoms with Crippen LogP contribution in [0.25, 0.3) is 0 Å². The van der Waals surface area contributed by atoms with E-state index in [1.807, 2.05) is 6.07 Å². The minimum atomic E-state index is -3.66. The molecule has 0 aromatic heterocycles. The smallest absolute Gasteiger partial charge is 0.261 e. The summed E-state index contributed by atoms with van der Waals surface area (Å²) >= 11 is 0. The number of ether oxygens (including phenoxy) is 1. The molecule has 2 aromatic rings. The molecule has 6 nitrogen and oxygen atoms in total. The summed E-state index contributed by atoms with van der Waals surface area (Å²) < 4.78 is 32.7. The average molecular weight is 360 g/mol. The number of hydrogen-bond acceptors (Lipinski definition) is 4. The molecule has 2 aromatic carbocycles. The van der Waals surface area contributed by atoms with E-state index in [9.17, 15) is 13.2 Å².